The molecule has 98 valence electrons. The maximum absolute atomic E-state index is 11.6. The fourth-order valence-corrected chi connectivity index (χ4v) is 1.92. The van der Waals surface area contributed by atoms with Crippen molar-refractivity contribution in [2.75, 3.05) is 5.32 Å². The summed E-state index contributed by atoms with van der Waals surface area (Å²) in [4.78, 5) is 37.1. The van der Waals surface area contributed by atoms with E-state index in [1.165, 1.54) is 18.3 Å². The van der Waals surface area contributed by atoms with Crippen LogP contribution in [0.1, 0.15) is 19.5 Å². The Morgan fingerprint density at radius 2 is 2.17 bits per heavy atom. The van der Waals surface area contributed by atoms with Crippen molar-refractivity contribution in [3.05, 3.63) is 11.1 Å². The first-order valence-corrected chi connectivity index (χ1v) is 6.07. The van der Waals surface area contributed by atoms with Gasteiger partial charge in [-0.15, -0.1) is 11.3 Å². The monoisotopic (exact) mass is 270 g/mol. The highest BCUT2D eigenvalue weighted by atomic mass is 32.1. The third kappa shape index (κ3) is 4.50. The minimum absolute atomic E-state index is 0.0353. The molecule has 1 aromatic heterocycles. The summed E-state index contributed by atoms with van der Waals surface area (Å²) < 4.78 is 0. The Bertz CT molecular complexity index is 471. The van der Waals surface area contributed by atoms with Gasteiger partial charge in [-0.1, -0.05) is 0 Å². The first-order chi connectivity index (χ1) is 8.38. The molecule has 0 fully saturated rings. The zero-order valence-electron chi connectivity index (χ0n) is 10.0. The molecule has 1 atom stereocenters. The molecule has 3 amide bonds. The third-order valence-electron chi connectivity index (χ3n) is 1.95. The molecule has 8 heteroatoms. The summed E-state index contributed by atoms with van der Waals surface area (Å²) in [6.45, 7) is 2.90. The molecule has 0 aliphatic rings. The summed E-state index contributed by atoms with van der Waals surface area (Å²) in [5.74, 6) is -1.14. The van der Waals surface area contributed by atoms with Gasteiger partial charge in [-0.2, -0.15) is 0 Å². The summed E-state index contributed by atoms with van der Waals surface area (Å²) in [6.07, 6.45) is 0.0353. The molecule has 0 aromatic carbocycles. The minimum Gasteiger partial charge on any atom is -0.369 e. The van der Waals surface area contributed by atoms with Gasteiger partial charge in [0.1, 0.15) is 6.04 Å². The van der Waals surface area contributed by atoms with Gasteiger partial charge in [0.15, 0.2) is 5.13 Å². The van der Waals surface area contributed by atoms with Gasteiger partial charge in [0.25, 0.3) is 0 Å². The number of carbonyl (C=O) groups is 3. The zero-order valence-corrected chi connectivity index (χ0v) is 10.8. The van der Waals surface area contributed by atoms with Gasteiger partial charge in [-0.3, -0.25) is 14.4 Å². The molecule has 1 aromatic rings. The number of anilines is 1. The molecule has 0 aliphatic heterocycles. The van der Waals surface area contributed by atoms with Crippen molar-refractivity contribution in [2.45, 2.75) is 26.3 Å². The number of aromatic nitrogens is 1. The number of thiazole rings is 1. The lowest BCUT2D eigenvalue weighted by Crippen LogP contribution is -2.40. The summed E-state index contributed by atoms with van der Waals surface area (Å²) in [7, 11) is 0. The van der Waals surface area contributed by atoms with Crippen LogP contribution in [0.25, 0.3) is 0 Å². The number of amides is 3. The van der Waals surface area contributed by atoms with Crippen LogP contribution in [0, 0.1) is 0 Å². The highest BCUT2D eigenvalue weighted by molar-refractivity contribution is 7.13. The molecule has 0 bridgehead atoms. The van der Waals surface area contributed by atoms with Gasteiger partial charge in [-0.25, -0.2) is 4.98 Å². The van der Waals surface area contributed by atoms with Crippen molar-refractivity contribution in [1.82, 2.24) is 10.3 Å². The van der Waals surface area contributed by atoms with Gasteiger partial charge >= 0.3 is 0 Å². The largest absolute Gasteiger partial charge is 0.369 e. The molecule has 4 N–H and O–H groups in total. The molecule has 0 radical (unpaired) electrons. The zero-order chi connectivity index (χ0) is 13.7. The maximum atomic E-state index is 11.6. The standard InChI is InChI=1S/C10H14N4O3S/c1-5(12-6(2)15)9(17)14-10-13-7(4-18-10)3-8(11)16/h4-5H,3H2,1-2H3,(H2,11,16)(H,12,15)(H,13,14,17). The molecule has 1 heterocycles. The first kappa shape index (κ1) is 14.1. The Labute approximate surface area is 108 Å². The Balaban J connectivity index is 2.56. The Hall–Kier alpha value is -1.96. The summed E-state index contributed by atoms with van der Waals surface area (Å²) in [5, 5.41) is 7.01. The second kappa shape index (κ2) is 6.10. The minimum atomic E-state index is -0.647. The number of carbonyl (C=O) groups excluding carboxylic acids is 3. The number of hydrogen-bond donors (Lipinski definition) is 3. The Kier molecular flexibility index (Phi) is 4.78. The predicted octanol–water partition coefficient (Wildman–Crippen LogP) is -0.366. The number of nitrogens with one attached hydrogen (secondary N) is 2. The number of primary amides is 1. The van der Waals surface area contributed by atoms with Crippen LogP contribution in [-0.4, -0.2) is 28.7 Å². The van der Waals surface area contributed by atoms with Crippen LogP contribution >= 0.6 is 11.3 Å². The molecular weight excluding hydrogens is 256 g/mol. The van der Waals surface area contributed by atoms with Crippen LogP contribution in [0.5, 0.6) is 0 Å². The van der Waals surface area contributed by atoms with Crippen molar-refractivity contribution in [2.24, 2.45) is 5.73 Å². The van der Waals surface area contributed by atoms with Crippen molar-refractivity contribution in [3.63, 3.8) is 0 Å². The number of nitrogens with zero attached hydrogens (tertiary/aromatic N) is 1. The van der Waals surface area contributed by atoms with Crippen LogP contribution < -0.4 is 16.4 Å². The van der Waals surface area contributed by atoms with Crippen molar-refractivity contribution < 1.29 is 14.4 Å². The molecule has 7 nitrogen and oxygen atoms in total. The van der Waals surface area contributed by atoms with E-state index in [1.54, 1.807) is 12.3 Å². The Morgan fingerprint density at radius 3 is 2.72 bits per heavy atom. The fourth-order valence-electron chi connectivity index (χ4n) is 1.21. The third-order valence-corrected chi connectivity index (χ3v) is 2.76. The molecule has 0 aliphatic carbocycles. The Morgan fingerprint density at radius 1 is 1.50 bits per heavy atom. The maximum Gasteiger partial charge on any atom is 0.248 e. The van der Waals surface area contributed by atoms with Gasteiger partial charge in [-0.05, 0) is 6.92 Å². The predicted molar refractivity (Wildman–Crippen MR) is 66.9 cm³/mol. The van der Waals surface area contributed by atoms with Crippen LogP contribution in [0.2, 0.25) is 0 Å². The van der Waals surface area contributed by atoms with Crippen molar-refractivity contribution in [3.8, 4) is 0 Å². The number of rotatable bonds is 5. The van der Waals surface area contributed by atoms with E-state index in [-0.39, 0.29) is 18.2 Å². The van der Waals surface area contributed by atoms with E-state index in [2.05, 4.69) is 15.6 Å². The average molecular weight is 270 g/mol. The van der Waals surface area contributed by atoms with Gasteiger partial charge in [0.2, 0.25) is 17.7 Å². The van der Waals surface area contributed by atoms with Crippen molar-refractivity contribution >= 4 is 34.2 Å². The van der Waals surface area contributed by atoms with E-state index in [4.69, 9.17) is 5.73 Å². The smallest absolute Gasteiger partial charge is 0.248 e. The van der Waals surface area contributed by atoms with Crippen LogP contribution in [-0.2, 0) is 20.8 Å². The van der Waals surface area contributed by atoms with E-state index >= 15 is 0 Å². The van der Waals surface area contributed by atoms with E-state index in [1.807, 2.05) is 0 Å². The van der Waals surface area contributed by atoms with Gasteiger partial charge in [0, 0.05) is 12.3 Å². The van der Waals surface area contributed by atoms with E-state index in [0.717, 1.165) is 0 Å². The molecule has 18 heavy (non-hydrogen) atoms. The first-order valence-electron chi connectivity index (χ1n) is 5.19. The van der Waals surface area contributed by atoms with E-state index in [9.17, 15) is 14.4 Å². The van der Waals surface area contributed by atoms with Gasteiger partial charge in [0.05, 0.1) is 12.1 Å². The van der Waals surface area contributed by atoms with Crippen molar-refractivity contribution in [1.29, 1.82) is 0 Å². The summed E-state index contributed by atoms with van der Waals surface area (Å²) in [6, 6.07) is -0.647. The SMILES string of the molecule is CC(=O)NC(C)C(=O)Nc1nc(CC(N)=O)cs1. The molecule has 0 spiro atoms. The summed E-state index contributed by atoms with van der Waals surface area (Å²) >= 11 is 1.19. The molecule has 0 saturated carbocycles. The molecule has 1 unspecified atom stereocenters. The van der Waals surface area contributed by atoms with Crippen LogP contribution in [0.15, 0.2) is 5.38 Å². The quantitative estimate of drug-likeness (QED) is 0.677. The highest BCUT2D eigenvalue weighted by Gasteiger charge is 2.15. The second-order valence-corrected chi connectivity index (χ2v) is 4.56. The fraction of sp³-hybridized carbons (Fsp3) is 0.400. The lowest BCUT2D eigenvalue weighted by molar-refractivity contribution is -0.124. The average Bonchev–Trinajstić information content (AvgIpc) is 2.63. The van der Waals surface area contributed by atoms with Crippen LogP contribution in [0.4, 0.5) is 5.13 Å². The topological polar surface area (TPSA) is 114 Å². The van der Waals surface area contributed by atoms with E-state index < -0.39 is 11.9 Å². The summed E-state index contributed by atoms with van der Waals surface area (Å²) in [5.41, 5.74) is 5.54. The lowest BCUT2D eigenvalue weighted by atomic mass is 10.3. The number of hydrogen-bond acceptors (Lipinski definition) is 5. The van der Waals surface area contributed by atoms with Crippen LogP contribution in [0.3, 0.4) is 0 Å². The normalized spacial score (nSPS) is 11.7. The number of nitrogens with two attached hydrogens (primary N) is 1. The lowest BCUT2D eigenvalue weighted by Gasteiger charge is -2.10. The second-order valence-electron chi connectivity index (χ2n) is 3.70. The highest BCUT2D eigenvalue weighted by Crippen LogP contribution is 2.15. The molecule has 1 rings (SSSR count). The molecule has 0 saturated heterocycles. The molecular formula is C10H14N4O3S. The van der Waals surface area contributed by atoms with E-state index in [0.29, 0.717) is 10.8 Å². The van der Waals surface area contributed by atoms with Gasteiger partial charge < -0.3 is 16.4 Å².